The van der Waals surface area contributed by atoms with Crippen molar-refractivity contribution in [3.63, 3.8) is 0 Å². The molecule has 0 spiro atoms. The Bertz CT molecular complexity index is 796. The topological polar surface area (TPSA) is 63.2 Å². The third kappa shape index (κ3) is 4.90. The van der Waals surface area contributed by atoms with Crippen LogP contribution in [0.4, 0.5) is 11.5 Å². The second kappa shape index (κ2) is 9.20. The van der Waals surface area contributed by atoms with Crippen LogP contribution in [0.5, 0.6) is 0 Å². The van der Waals surface area contributed by atoms with E-state index in [0.717, 1.165) is 29.7 Å². The summed E-state index contributed by atoms with van der Waals surface area (Å²) in [5.41, 5.74) is 3.35. The maximum Gasteiger partial charge on any atom is 0.228 e. The van der Waals surface area contributed by atoms with Crippen molar-refractivity contribution >= 4 is 17.4 Å². The van der Waals surface area contributed by atoms with Crippen molar-refractivity contribution < 1.29 is 9.53 Å². The molecule has 5 nitrogen and oxygen atoms in total. The van der Waals surface area contributed by atoms with Crippen LogP contribution in [0, 0.1) is 5.92 Å². The van der Waals surface area contributed by atoms with Crippen molar-refractivity contribution in [2.45, 2.75) is 51.0 Å². The predicted molar refractivity (Wildman–Crippen MR) is 112 cm³/mol. The Labute approximate surface area is 166 Å². The van der Waals surface area contributed by atoms with E-state index < -0.39 is 0 Å². The first kappa shape index (κ1) is 18.9. The van der Waals surface area contributed by atoms with Gasteiger partial charge in [0.05, 0.1) is 0 Å². The van der Waals surface area contributed by atoms with Gasteiger partial charge in [-0.05, 0) is 61.1 Å². The van der Waals surface area contributed by atoms with E-state index in [9.17, 15) is 4.79 Å². The van der Waals surface area contributed by atoms with Gasteiger partial charge < -0.3 is 15.4 Å². The van der Waals surface area contributed by atoms with Crippen LogP contribution in [0.3, 0.4) is 0 Å². The standard InChI is InChI=1S/C23H29N3O2/c27-23(17-10-13-28-14-11-17)26-22-16-19(9-12-24-22)18-5-4-8-21(15-18)25-20-6-2-1-3-7-20/h4-5,8-9,12,15-17,20,25H,1-3,6-7,10-11,13-14H2,(H,24,26,27). The van der Waals surface area contributed by atoms with Gasteiger partial charge in [-0.2, -0.15) is 0 Å². The molecule has 1 aromatic heterocycles. The average molecular weight is 380 g/mol. The maximum absolute atomic E-state index is 12.5. The van der Waals surface area contributed by atoms with Crippen LogP contribution in [-0.2, 0) is 9.53 Å². The van der Waals surface area contributed by atoms with Crippen molar-refractivity contribution in [3.05, 3.63) is 42.6 Å². The zero-order chi connectivity index (χ0) is 19.2. The summed E-state index contributed by atoms with van der Waals surface area (Å²) in [6.45, 7) is 1.32. The highest BCUT2D eigenvalue weighted by atomic mass is 16.5. The summed E-state index contributed by atoms with van der Waals surface area (Å²) in [6.07, 6.45) is 9.81. The van der Waals surface area contributed by atoms with Gasteiger partial charge in [-0.15, -0.1) is 0 Å². The monoisotopic (exact) mass is 379 g/mol. The number of hydrogen-bond donors (Lipinski definition) is 2. The number of hydrogen-bond acceptors (Lipinski definition) is 4. The molecule has 1 amide bonds. The predicted octanol–water partition coefficient (Wildman–Crippen LogP) is 4.86. The fraction of sp³-hybridized carbons (Fsp3) is 0.478. The maximum atomic E-state index is 12.5. The lowest BCUT2D eigenvalue weighted by atomic mass is 9.95. The van der Waals surface area contributed by atoms with Crippen molar-refractivity contribution in [1.29, 1.82) is 0 Å². The molecule has 2 aromatic rings. The number of ether oxygens (including phenoxy) is 1. The molecule has 0 bridgehead atoms. The molecule has 2 aliphatic rings. The number of anilines is 2. The summed E-state index contributed by atoms with van der Waals surface area (Å²) in [5, 5.41) is 6.66. The lowest BCUT2D eigenvalue weighted by Crippen LogP contribution is -2.28. The van der Waals surface area contributed by atoms with Crippen molar-refractivity contribution in [2.75, 3.05) is 23.8 Å². The van der Waals surface area contributed by atoms with E-state index in [0.29, 0.717) is 25.1 Å². The highest BCUT2D eigenvalue weighted by Gasteiger charge is 2.22. The number of nitrogens with zero attached hydrogens (tertiary/aromatic N) is 1. The minimum absolute atomic E-state index is 0.0160. The summed E-state index contributed by atoms with van der Waals surface area (Å²) in [7, 11) is 0. The SMILES string of the molecule is O=C(Nc1cc(-c2cccc(NC3CCCCC3)c2)ccn1)C1CCOCC1. The van der Waals surface area contributed by atoms with E-state index in [1.54, 1.807) is 6.20 Å². The Hall–Kier alpha value is -2.40. The van der Waals surface area contributed by atoms with Gasteiger partial charge in [-0.25, -0.2) is 4.98 Å². The van der Waals surface area contributed by atoms with Gasteiger partial charge in [0, 0.05) is 37.1 Å². The molecular formula is C23H29N3O2. The third-order valence-corrected chi connectivity index (χ3v) is 5.78. The van der Waals surface area contributed by atoms with Gasteiger partial charge in [-0.1, -0.05) is 31.4 Å². The fourth-order valence-electron chi connectivity index (χ4n) is 4.14. The Balaban J connectivity index is 1.44. The van der Waals surface area contributed by atoms with Crippen LogP contribution in [0.25, 0.3) is 11.1 Å². The lowest BCUT2D eigenvalue weighted by molar-refractivity contribution is -0.122. The molecule has 2 N–H and O–H groups in total. The molecule has 1 aromatic carbocycles. The molecule has 2 heterocycles. The molecule has 0 radical (unpaired) electrons. The number of nitrogens with one attached hydrogen (secondary N) is 2. The van der Waals surface area contributed by atoms with Crippen LogP contribution >= 0.6 is 0 Å². The summed E-state index contributed by atoms with van der Waals surface area (Å²) >= 11 is 0. The summed E-state index contributed by atoms with van der Waals surface area (Å²) in [5.74, 6) is 0.669. The Morgan fingerprint density at radius 1 is 0.964 bits per heavy atom. The molecule has 28 heavy (non-hydrogen) atoms. The summed E-state index contributed by atoms with van der Waals surface area (Å²) in [6, 6.07) is 13.0. The van der Waals surface area contributed by atoms with Gasteiger partial charge in [0.15, 0.2) is 0 Å². The van der Waals surface area contributed by atoms with Gasteiger partial charge in [-0.3, -0.25) is 4.79 Å². The molecule has 2 fully saturated rings. The van der Waals surface area contributed by atoms with E-state index in [1.165, 1.54) is 32.1 Å². The quantitative estimate of drug-likeness (QED) is 0.779. The van der Waals surface area contributed by atoms with Gasteiger partial charge in [0.1, 0.15) is 5.82 Å². The molecule has 1 saturated heterocycles. The number of aromatic nitrogens is 1. The van der Waals surface area contributed by atoms with Gasteiger partial charge >= 0.3 is 0 Å². The average Bonchev–Trinajstić information content (AvgIpc) is 2.75. The summed E-state index contributed by atoms with van der Waals surface area (Å²) < 4.78 is 5.34. The smallest absolute Gasteiger partial charge is 0.228 e. The summed E-state index contributed by atoms with van der Waals surface area (Å²) in [4.78, 5) is 16.8. The largest absolute Gasteiger partial charge is 0.382 e. The molecule has 1 aliphatic heterocycles. The van der Waals surface area contributed by atoms with Gasteiger partial charge in [0.25, 0.3) is 0 Å². The number of amides is 1. The molecule has 5 heteroatoms. The molecule has 1 aliphatic carbocycles. The zero-order valence-electron chi connectivity index (χ0n) is 16.3. The Morgan fingerprint density at radius 2 is 1.75 bits per heavy atom. The van der Waals surface area contributed by atoms with Crippen LogP contribution < -0.4 is 10.6 Å². The van der Waals surface area contributed by atoms with E-state index in [2.05, 4.69) is 39.9 Å². The van der Waals surface area contributed by atoms with Crippen LogP contribution in [-0.4, -0.2) is 30.1 Å². The first-order valence-electron chi connectivity index (χ1n) is 10.5. The van der Waals surface area contributed by atoms with Crippen molar-refractivity contribution in [3.8, 4) is 11.1 Å². The van der Waals surface area contributed by atoms with E-state index in [4.69, 9.17) is 4.74 Å². The minimum atomic E-state index is 0.0160. The molecule has 0 atom stereocenters. The van der Waals surface area contributed by atoms with Crippen LogP contribution in [0.2, 0.25) is 0 Å². The molecule has 4 rings (SSSR count). The van der Waals surface area contributed by atoms with Crippen LogP contribution in [0.15, 0.2) is 42.6 Å². The van der Waals surface area contributed by atoms with E-state index in [1.807, 2.05) is 12.1 Å². The van der Waals surface area contributed by atoms with E-state index >= 15 is 0 Å². The normalized spacial score (nSPS) is 18.6. The second-order valence-corrected chi connectivity index (χ2v) is 7.87. The second-order valence-electron chi connectivity index (χ2n) is 7.87. The number of carbonyl (C=O) groups excluding carboxylic acids is 1. The zero-order valence-corrected chi connectivity index (χ0v) is 16.3. The number of carbonyl (C=O) groups is 1. The first-order valence-corrected chi connectivity index (χ1v) is 10.5. The molecule has 148 valence electrons. The highest BCUT2D eigenvalue weighted by molar-refractivity contribution is 5.92. The Morgan fingerprint density at radius 3 is 2.57 bits per heavy atom. The first-order chi connectivity index (χ1) is 13.8. The van der Waals surface area contributed by atoms with Crippen molar-refractivity contribution in [2.24, 2.45) is 5.92 Å². The third-order valence-electron chi connectivity index (χ3n) is 5.78. The molecule has 0 unspecified atom stereocenters. The van der Waals surface area contributed by atoms with Gasteiger partial charge in [0.2, 0.25) is 5.91 Å². The highest BCUT2D eigenvalue weighted by Crippen LogP contribution is 2.27. The molecule has 1 saturated carbocycles. The van der Waals surface area contributed by atoms with Crippen LogP contribution in [0.1, 0.15) is 44.9 Å². The number of rotatable bonds is 5. The minimum Gasteiger partial charge on any atom is -0.382 e. The molecular weight excluding hydrogens is 350 g/mol. The van der Waals surface area contributed by atoms with E-state index in [-0.39, 0.29) is 11.8 Å². The van der Waals surface area contributed by atoms with Crippen molar-refractivity contribution in [1.82, 2.24) is 4.98 Å². The Kier molecular flexibility index (Phi) is 6.22. The number of benzene rings is 1. The number of pyridine rings is 1. The fourth-order valence-corrected chi connectivity index (χ4v) is 4.14. The lowest BCUT2D eigenvalue weighted by Gasteiger charge is -2.24.